The molecule has 1 saturated heterocycles. The van der Waals surface area contributed by atoms with Crippen molar-refractivity contribution in [3.63, 3.8) is 0 Å². The maximum absolute atomic E-state index is 12.8. The van der Waals surface area contributed by atoms with Crippen molar-refractivity contribution < 1.29 is 13.2 Å². The van der Waals surface area contributed by atoms with Crippen LogP contribution in [0.3, 0.4) is 0 Å². The highest BCUT2D eigenvalue weighted by Gasteiger charge is 2.33. The summed E-state index contributed by atoms with van der Waals surface area (Å²) in [6, 6.07) is 7.29. The maximum Gasteiger partial charge on any atom is 0.272 e. The van der Waals surface area contributed by atoms with Crippen LogP contribution in [-0.2, 0) is 16.3 Å². The van der Waals surface area contributed by atoms with E-state index in [1.807, 2.05) is 25.1 Å². The second-order valence-corrected chi connectivity index (χ2v) is 9.05. The van der Waals surface area contributed by atoms with E-state index >= 15 is 0 Å². The van der Waals surface area contributed by atoms with Crippen LogP contribution in [0.1, 0.15) is 35.0 Å². The van der Waals surface area contributed by atoms with E-state index in [0.29, 0.717) is 12.4 Å². The number of nitrogens with one attached hydrogen (secondary N) is 1. The van der Waals surface area contributed by atoms with Gasteiger partial charge in [0.2, 0.25) is 5.95 Å². The summed E-state index contributed by atoms with van der Waals surface area (Å²) in [6.07, 6.45) is 2.86. The number of sulfone groups is 1. The van der Waals surface area contributed by atoms with Gasteiger partial charge in [-0.2, -0.15) is 0 Å². The number of carbonyl (C=O) groups excluding carboxylic acids is 1. The van der Waals surface area contributed by atoms with Crippen LogP contribution in [0, 0.1) is 6.92 Å². The lowest BCUT2D eigenvalue weighted by Crippen LogP contribution is -2.38. The van der Waals surface area contributed by atoms with Crippen molar-refractivity contribution in [2.75, 3.05) is 23.9 Å². The first kappa shape index (κ1) is 19.3. The molecule has 2 heterocycles. The first-order chi connectivity index (χ1) is 12.8. The molecule has 0 radical (unpaired) electrons. The molecule has 144 valence electrons. The lowest BCUT2D eigenvalue weighted by molar-refractivity contribution is 0.0741. The van der Waals surface area contributed by atoms with Crippen molar-refractivity contribution in [2.45, 2.75) is 32.7 Å². The number of benzene rings is 1. The Morgan fingerprint density at radius 3 is 2.78 bits per heavy atom. The summed E-state index contributed by atoms with van der Waals surface area (Å²) in [4.78, 5) is 22.8. The fourth-order valence-electron chi connectivity index (χ4n) is 3.28. The van der Waals surface area contributed by atoms with Crippen molar-refractivity contribution in [1.82, 2.24) is 14.9 Å². The number of amides is 1. The van der Waals surface area contributed by atoms with Crippen LogP contribution in [0.2, 0.25) is 0 Å². The van der Waals surface area contributed by atoms with Crippen LogP contribution in [0.5, 0.6) is 0 Å². The summed E-state index contributed by atoms with van der Waals surface area (Å²) < 4.78 is 23.4. The number of anilines is 2. The molecule has 0 saturated carbocycles. The molecule has 2 aromatic rings. The van der Waals surface area contributed by atoms with E-state index in [-0.39, 0.29) is 29.1 Å². The zero-order chi connectivity index (χ0) is 19.6. The van der Waals surface area contributed by atoms with Crippen LogP contribution in [0.15, 0.2) is 30.5 Å². The normalized spacial score (nSPS) is 18.3. The summed E-state index contributed by atoms with van der Waals surface area (Å²) >= 11 is 0. The maximum atomic E-state index is 12.8. The minimum absolute atomic E-state index is 0.00843. The number of aryl methyl sites for hydroxylation is 2. The Labute approximate surface area is 159 Å². The Bertz CT molecular complexity index is 959. The lowest BCUT2D eigenvalue weighted by Gasteiger charge is -2.23. The largest absolute Gasteiger partial charge is 0.336 e. The number of nitrogens with zero attached hydrogens (tertiary/aromatic N) is 3. The predicted molar refractivity (Wildman–Crippen MR) is 105 cm³/mol. The van der Waals surface area contributed by atoms with Gasteiger partial charge in [0, 0.05) is 25.0 Å². The molecule has 1 unspecified atom stereocenters. The molecule has 1 N–H and O–H groups in total. The van der Waals surface area contributed by atoms with Crippen LogP contribution < -0.4 is 5.32 Å². The lowest BCUT2D eigenvalue weighted by atomic mass is 10.1. The second kappa shape index (κ2) is 7.64. The number of hydrogen-bond donors (Lipinski definition) is 1. The van der Waals surface area contributed by atoms with Crippen molar-refractivity contribution in [3.05, 3.63) is 47.3 Å². The van der Waals surface area contributed by atoms with Crippen molar-refractivity contribution in [2.24, 2.45) is 0 Å². The van der Waals surface area contributed by atoms with E-state index in [1.54, 1.807) is 13.1 Å². The van der Waals surface area contributed by atoms with Gasteiger partial charge >= 0.3 is 0 Å². The molecule has 3 rings (SSSR count). The van der Waals surface area contributed by atoms with E-state index in [9.17, 15) is 13.2 Å². The summed E-state index contributed by atoms with van der Waals surface area (Å²) in [5.74, 6) is 0.174. The minimum Gasteiger partial charge on any atom is -0.336 e. The molecule has 0 aliphatic carbocycles. The summed E-state index contributed by atoms with van der Waals surface area (Å²) in [7, 11) is -1.43. The van der Waals surface area contributed by atoms with E-state index in [4.69, 9.17) is 0 Å². The molecule has 8 heteroatoms. The third-order valence-electron chi connectivity index (χ3n) is 4.93. The molecule has 1 fully saturated rings. The fraction of sp³-hybridized carbons (Fsp3) is 0.421. The van der Waals surface area contributed by atoms with E-state index in [2.05, 4.69) is 22.2 Å². The van der Waals surface area contributed by atoms with Gasteiger partial charge < -0.3 is 10.2 Å². The second-order valence-electron chi connectivity index (χ2n) is 6.83. The highest BCUT2D eigenvalue weighted by molar-refractivity contribution is 7.91. The SMILES string of the molecule is CCc1cccc(C)c1Nc1nccc(C(=O)N(C)C2CCS(=O)(=O)C2)n1. The van der Waals surface area contributed by atoms with Gasteiger partial charge in [-0.25, -0.2) is 18.4 Å². The van der Waals surface area contributed by atoms with E-state index < -0.39 is 9.84 Å². The number of carbonyl (C=O) groups is 1. The van der Waals surface area contributed by atoms with Crippen LogP contribution in [0.25, 0.3) is 0 Å². The number of rotatable bonds is 5. The Morgan fingerprint density at radius 2 is 2.11 bits per heavy atom. The Morgan fingerprint density at radius 1 is 1.33 bits per heavy atom. The Balaban J connectivity index is 1.81. The first-order valence-electron chi connectivity index (χ1n) is 8.97. The summed E-state index contributed by atoms with van der Waals surface area (Å²) in [6.45, 7) is 4.08. The molecule has 0 bridgehead atoms. The summed E-state index contributed by atoms with van der Waals surface area (Å²) in [5, 5.41) is 3.22. The molecule has 1 aromatic carbocycles. The average Bonchev–Trinajstić information content (AvgIpc) is 3.02. The highest BCUT2D eigenvalue weighted by atomic mass is 32.2. The van der Waals surface area contributed by atoms with Crippen molar-refractivity contribution in [1.29, 1.82) is 0 Å². The molecule has 1 aliphatic rings. The highest BCUT2D eigenvalue weighted by Crippen LogP contribution is 2.24. The molecular weight excluding hydrogens is 364 g/mol. The van der Waals surface area contributed by atoms with Gasteiger partial charge in [0.1, 0.15) is 5.69 Å². The average molecular weight is 388 g/mol. The van der Waals surface area contributed by atoms with Crippen LogP contribution in [-0.4, -0.2) is 53.8 Å². The van der Waals surface area contributed by atoms with E-state index in [1.165, 1.54) is 11.1 Å². The van der Waals surface area contributed by atoms with E-state index in [0.717, 1.165) is 23.2 Å². The van der Waals surface area contributed by atoms with Gasteiger partial charge in [0.05, 0.1) is 11.5 Å². The van der Waals surface area contributed by atoms with Gasteiger partial charge in [0.25, 0.3) is 5.91 Å². The van der Waals surface area contributed by atoms with Gasteiger partial charge in [0.15, 0.2) is 9.84 Å². The fourth-order valence-corrected chi connectivity index (χ4v) is 5.05. The van der Waals surface area contributed by atoms with Crippen molar-refractivity contribution >= 4 is 27.4 Å². The molecule has 0 spiro atoms. The molecule has 1 amide bonds. The van der Waals surface area contributed by atoms with Crippen LogP contribution in [0.4, 0.5) is 11.6 Å². The van der Waals surface area contributed by atoms with Gasteiger partial charge in [-0.3, -0.25) is 4.79 Å². The van der Waals surface area contributed by atoms with Gasteiger partial charge in [-0.1, -0.05) is 25.1 Å². The third kappa shape index (κ3) is 4.27. The summed E-state index contributed by atoms with van der Waals surface area (Å²) in [5.41, 5.74) is 3.40. The quantitative estimate of drug-likeness (QED) is 0.845. The molecule has 7 nitrogen and oxygen atoms in total. The van der Waals surface area contributed by atoms with Crippen LogP contribution >= 0.6 is 0 Å². The third-order valence-corrected chi connectivity index (χ3v) is 6.68. The molecular formula is C19H24N4O3S. The molecule has 1 aromatic heterocycles. The van der Waals surface area contributed by atoms with Gasteiger partial charge in [-0.15, -0.1) is 0 Å². The minimum atomic E-state index is -3.06. The first-order valence-corrected chi connectivity index (χ1v) is 10.8. The Kier molecular flexibility index (Phi) is 5.46. The number of para-hydroxylation sites is 1. The molecule has 1 aliphatic heterocycles. The molecule has 27 heavy (non-hydrogen) atoms. The van der Waals surface area contributed by atoms with Crippen molar-refractivity contribution in [3.8, 4) is 0 Å². The monoisotopic (exact) mass is 388 g/mol. The number of hydrogen-bond acceptors (Lipinski definition) is 6. The standard InChI is InChI=1S/C19H24N4O3S/c1-4-14-7-5-6-13(2)17(14)22-19-20-10-8-16(21-19)18(24)23(3)15-9-11-27(25,26)12-15/h5-8,10,15H,4,9,11-12H2,1-3H3,(H,20,21,22). The Hall–Kier alpha value is -2.48. The zero-order valence-corrected chi connectivity index (χ0v) is 16.6. The topological polar surface area (TPSA) is 92.3 Å². The predicted octanol–water partition coefficient (Wildman–Crippen LogP) is 2.35. The molecule has 1 atom stereocenters. The zero-order valence-electron chi connectivity index (χ0n) is 15.8. The number of aromatic nitrogens is 2. The smallest absolute Gasteiger partial charge is 0.272 e. The van der Waals surface area contributed by atoms with Gasteiger partial charge in [-0.05, 0) is 37.0 Å².